The van der Waals surface area contributed by atoms with Gasteiger partial charge in [-0.05, 0) is 13.8 Å². The first kappa shape index (κ1) is 23.6. The predicted octanol–water partition coefficient (Wildman–Crippen LogP) is 0.398. The topological polar surface area (TPSA) is 135 Å². The molecule has 5 atom stereocenters. The lowest BCUT2D eigenvalue weighted by Crippen LogP contribution is -2.68. The standard InChI is InChI=1S/C18H26O10/c1-9(2)7-8-18(23)16(27-12(5)21)14(26-11(4)20)13(25-10(3)19)15(28-18)17(22)24-6/h7,13-16,23H,8H2,1-6H3/t13-,14-,15-,16+,18+/m0/s1. The maximum Gasteiger partial charge on any atom is 0.339 e. The number of rotatable bonds is 6. The Labute approximate surface area is 162 Å². The lowest BCUT2D eigenvalue weighted by molar-refractivity contribution is -0.343. The molecule has 1 N–H and O–H groups in total. The number of aliphatic hydroxyl groups is 1. The fourth-order valence-electron chi connectivity index (χ4n) is 2.75. The molecule has 0 aromatic carbocycles. The lowest BCUT2D eigenvalue weighted by Gasteiger charge is -2.47. The Balaban J connectivity index is 3.53. The minimum Gasteiger partial charge on any atom is -0.467 e. The average Bonchev–Trinajstić information content (AvgIpc) is 2.57. The van der Waals surface area contributed by atoms with Gasteiger partial charge in [-0.25, -0.2) is 4.79 Å². The van der Waals surface area contributed by atoms with E-state index in [4.69, 9.17) is 18.9 Å². The van der Waals surface area contributed by atoms with Crippen LogP contribution in [0.1, 0.15) is 41.0 Å². The molecule has 0 aliphatic carbocycles. The van der Waals surface area contributed by atoms with Gasteiger partial charge in [-0.3, -0.25) is 14.4 Å². The van der Waals surface area contributed by atoms with Crippen LogP contribution in [0.2, 0.25) is 0 Å². The molecule has 1 aliphatic rings. The van der Waals surface area contributed by atoms with Crippen LogP contribution in [0.5, 0.6) is 0 Å². The van der Waals surface area contributed by atoms with Gasteiger partial charge in [0.25, 0.3) is 0 Å². The second-order valence-electron chi connectivity index (χ2n) is 6.57. The van der Waals surface area contributed by atoms with E-state index in [1.54, 1.807) is 19.9 Å². The third kappa shape index (κ3) is 6.03. The SMILES string of the molecule is COC(=O)[C@H]1O[C@](O)(CC=C(C)C)[C@H](OC(C)=O)[C@@H](OC(C)=O)[C@@H]1OC(C)=O. The van der Waals surface area contributed by atoms with Crippen LogP contribution in [0.4, 0.5) is 0 Å². The molecule has 0 bridgehead atoms. The van der Waals surface area contributed by atoms with Crippen LogP contribution >= 0.6 is 0 Å². The highest BCUT2D eigenvalue weighted by Crippen LogP contribution is 2.37. The van der Waals surface area contributed by atoms with Crippen molar-refractivity contribution in [1.82, 2.24) is 0 Å². The van der Waals surface area contributed by atoms with Crippen LogP contribution < -0.4 is 0 Å². The van der Waals surface area contributed by atoms with E-state index < -0.39 is 54.1 Å². The molecule has 158 valence electrons. The first-order valence-corrected chi connectivity index (χ1v) is 8.54. The maximum atomic E-state index is 12.2. The highest BCUT2D eigenvalue weighted by Gasteiger charge is 2.61. The summed E-state index contributed by atoms with van der Waals surface area (Å²) in [5.41, 5.74) is 0.805. The summed E-state index contributed by atoms with van der Waals surface area (Å²) in [6, 6.07) is 0. The largest absolute Gasteiger partial charge is 0.467 e. The smallest absolute Gasteiger partial charge is 0.339 e. The van der Waals surface area contributed by atoms with Crippen molar-refractivity contribution in [2.24, 2.45) is 0 Å². The molecule has 0 spiro atoms. The van der Waals surface area contributed by atoms with Gasteiger partial charge in [0.2, 0.25) is 5.79 Å². The molecule has 0 saturated carbocycles. The zero-order valence-electron chi connectivity index (χ0n) is 16.7. The molecule has 1 heterocycles. The highest BCUT2D eigenvalue weighted by atomic mass is 16.7. The Morgan fingerprint density at radius 1 is 0.929 bits per heavy atom. The van der Waals surface area contributed by atoms with Crippen molar-refractivity contribution in [3.8, 4) is 0 Å². The van der Waals surface area contributed by atoms with Crippen LogP contribution in [0.3, 0.4) is 0 Å². The fourth-order valence-corrected chi connectivity index (χ4v) is 2.75. The number of carbonyl (C=O) groups excluding carboxylic acids is 4. The van der Waals surface area contributed by atoms with Crippen molar-refractivity contribution in [1.29, 1.82) is 0 Å². The van der Waals surface area contributed by atoms with Crippen molar-refractivity contribution >= 4 is 23.9 Å². The second kappa shape index (κ2) is 9.65. The zero-order valence-corrected chi connectivity index (χ0v) is 16.7. The molecule has 0 unspecified atom stereocenters. The van der Waals surface area contributed by atoms with E-state index in [0.29, 0.717) is 0 Å². The van der Waals surface area contributed by atoms with Gasteiger partial charge < -0.3 is 28.8 Å². The highest BCUT2D eigenvalue weighted by molar-refractivity contribution is 5.77. The van der Waals surface area contributed by atoms with E-state index in [2.05, 4.69) is 4.74 Å². The van der Waals surface area contributed by atoms with Gasteiger partial charge in [0.1, 0.15) is 0 Å². The minimum atomic E-state index is -2.25. The lowest BCUT2D eigenvalue weighted by atomic mass is 9.89. The van der Waals surface area contributed by atoms with Crippen molar-refractivity contribution < 1.29 is 48.0 Å². The van der Waals surface area contributed by atoms with E-state index in [1.165, 1.54) is 0 Å². The normalized spacial score (nSPS) is 29.2. The number of allylic oxidation sites excluding steroid dienone is 1. The summed E-state index contributed by atoms with van der Waals surface area (Å²) in [6.07, 6.45) is -4.84. The number of methoxy groups -OCH3 is 1. The molecule has 0 amide bonds. The number of hydrogen-bond donors (Lipinski definition) is 1. The summed E-state index contributed by atoms with van der Waals surface area (Å²) in [6.45, 7) is 6.75. The number of hydrogen-bond acceptors (Lipinski definition) is 10. The third-order valence-corrected chi connectivity index (χ3v) is 3.83. The molecular formula is C18H26O10. The van der Waals surface area contributed by atoms with Crippen molar-refractivity contribution in [3.63, 3.8) is 0 Å². The van der Waals surface area contributed by atoms with Crippen LogP contribution in [-0.4, -0.2) is 66.3 Å². The maximum absolute atomic E-state index is 12.2. The number of ether oxygens (including phenoxy) is 5. The van der Waals surface area contributed by atoms with Gasteiger partial charge in [0.05, 0.1) is 7.11 Å². The average molecular weight is 402 g/mol. The molecule has 1 saturated heterocycles. The summed E-state index contributed by atoms with van der Waals surface area (Å²) < 4.78 is 25.6. The number of carbonyl (C=O) groups is 4. The Morgan fingerprint density at radius 2 is 1.43 bits per heavy atom. The molecule has 0 radical (unpaired) electrons. The summed E-state index contributed by atoms with van der Waals surface area (Å²) in [7, 11) is 1.07. The molecule has 0 aromatic heterocycles. The van der Waals surface area contributed by atoms with Crippen molar-refractivity contribution in [3.05, 3.63) is 11.6 Å². The Morgan fingerprint density at radius 3 is 1.86 bits per heavy atom. The minimum absolute atomic E-state index is 0.203. The van der Waals surface area contributed by atoms with Crippen molar-refractivity contribution in [2.75, 3.05) is 7.11 Å². The molecule has 0 aromatic rings. The van der Waals surface area contributed by atoms with Crippen LogP contribution in [-0.2, 0) is 42.9 Å². The van der Waals surface area contributed by atoms with E-state index in [0.717, 1.165) is 33.5 Å². The second-order valence-corrected chi connectivity index (χ2v) is 6.57. The fraction of sp³-hybridized carbons (Fsp3) is 0.667. The van der Waals surface area contributed by atoms with E-state index in [-0.39, 0.29) is 6.42 Å². The van der Waals surface area contributed by atoms with E-state index >= 15 is 0 Å². The Bertz CT molecular complexity index is 651. The molecule has 1 rings (SSSR count). The molecule has 1 aliphatic heterocycles. The van der Waals surface area contributed by atoms with Crippen molar-refractivity contribution in [2.45, 2.75) is 71.2 Å². The molecular weight excluding hydrogens is 376 g/mol. The van der Waals surface area contributed by atoms with Gasteiger partial charge >= 0.3 is 23.9 Å². The molecule has 1 fully saturated rings. The van der Waals surface area contributed by atoms with Gasteiger partial charge in [0, 0.05) is 27.2 Å². The zero-order chi connectivity index (χ0) is 21.6. The quantitative estimate of drug-likeness (QED) is 0.378. The van der Waals surface area contributed by atoms with Crippen LogP contribution in [0.15, 0.2) is 11.6 Å². The van der Waals surface area contributed by atoms with Gasteiger partial charge in [0.15, 0.2) is 24.4 Å². The Hall–Kier alpha value is -2.46. The van der Waals surface area contributed by atoms with Gasteiger partial charge in [-0.2, -0.15) is 0 Å². The van der Waals surface area contributed by atoms with E-state index in [9.17, 15) is 24.3 Å². The first-order chi connectivity index (χ1) is 12.9. The first-order valence-electron chi connectivity index (χ1n) is 8.54. The summed E-state index contributed by atoms with van der Waals surface area (Å²) >= 11 is 0. The molecule has 10 nitrogen and oxygen atoms in total. The molecule has 28 heavy (non-hydrogen) atoms. The monoisotopic (exact) mass is 402 g/mol. The third-order valence-electron chi connectivity index (χ3n) is 3.83. The Kier molecular flexibility index (Phi) is 8.13. The predicted molar refractivity (Wildman–Crippen MR) is 92.5 cm³/mol. The summed E-state index contributed by atoms with van der Waals surface area (Å²) in [4.78, 5) is 47.1. The van der Waals surface area contributed by atoms with Crippen LogP contribution in [0.25, 0.3) is 0 Å². The summed E-state index contributed by atoms with van der Waals surface area (Å²) in [5.74, 6) is -5.65. The van der Waals surface area contributed by atoms with Gasteiger partial charge in [-0.15, -0.1) is 0 Å². The molecule has 10 heteroatoms. The van der Waals surface area contributed by atoms with Gasteiger partial charge in [-0.1, -0.05) is 11.6 Å². The number of esters is 4. The van der Waals surface area contributed by atoms with Crippen LogP contribution in [0, 0.1) is 0 Å². The summed E-state index contributed by atoms with van der Waals surface area (Å²) in [5, 5.41) is 11.1. The van der Waals surface area contributed by atoms with E-state index in [1.807, 2.05) is 0 Å².